The van der Waals surface area contributed by atoms with E-state index >= 15 is 0 Å². The molecule has 6 nitrogen and oxygen atoms in total. The van der Waals surface area contributed by atoms with Crippen LogP contribution in [0.25, 0.3) is 0 Å². The van der Waals surface area contributed by atoms with Gasteiger partial charge in [0.15, 0.2) is 0 Å². The molecular formula is C16H21N3O3. The van der Waals surface area contributed by atoms with Crippen LogP contribution in [0, 0.1) is 26.7 Å². The lowest BCUT2D eigenvalue weighted by atomic mass is 10.1. The summed E-state index contributed by atoms with van der Waals surface area (Å²) in [7, 11) is 0. The van der Waals surface area contributed by atoms with Gasteiger partial charge < -0.3 is 14.5 Å². The van der Waals surface area contributed by atoms with Crippen molar-refractivity contribution in [1.82, 2.24) is 10.1 Å². The number of hydrogen-bond acceptors (Lipinski definition) is 5. The first-order valence-corrected chi connectivity index (χ1v) is 7.20. The van der Waals surface area contributed by atoms with Crippen molar-refractivity contribution in [1.29, 1.82) is 0 Å². The minimum atomic E-state index is -0.823. The number of aliphatic carboxylic acids is 1. The Bertz CT molecular complexity index is 630. The van der Waals surface area contributed by atoms with Crippen LogP contribution in [0.3, 0.4) is 0 Å². The molecule has 0 bridgehead atoms. The van der Waals surface area contributed by atoms with Crippen LogP contribution in [0.1, 0.15) is 29.5 Å². The van der Waals surface area contributed by atoms with Crippen molar-refractivity contribution in [3.63, 3.8) is 0 Å². The molecule has 0 radical (unpaired) electrons. The topological polar surface area (TPSA) is 79.5 Å². The predicted molar refractivity (Wildman–Crippen MR) is 82.8 cm³/mol. The van der Waals surface area contributed by atoms with E-state index in [4.69, 9.17) is 4.52 Å². The van der Waals surface area contributed by atoms with Crippen molar-refractivity contribution in [3.05, 3.63) is 40.9 Å². The molecule has 0 saturated heterocycles. The number of aryl methyl sites for hydroxylation is 3. The van der Waals surface area contributed by atoms with Crippen LogP contribution in [-0.2, 0) is 11.3 Å². The van der Waals surface area contributed by atoms with Crippen LogP contribution >= 0.6 is 0 Å². The van der Waals surface area contributed by atoms with Crippen LogP contribution in [0.2, 0.25) is 0 Å². The number of rotatable bonds is 6. The van der Waals surface area contributed by atoms with Gasteiger partial charge in [-0.05, 0) is 32.4 Å². The van der Waals surface area contributed by atoms with Crippen molar-refractivity contribution < 1.29 is 14.4 Å². The summed E-state index contributed by atoms with van der Waals surface area (Å²) in [5, 5.41) is 13.1. The summed E-state index contributed by atoms with van der Waals surface area (Å²) in [5.41, 5.74) is 2.85. The fourth-order valence-corrected chi connectivity index (χ4v) is 2.21. The summed E-state index contributed by atoms with van der Waals surface area (Å²) in [6.45, 7) is 8.29. The monoisotopic (exact) mass is 303 g/mol. The molecule has 0 aromatic carbocycles. The van der Waals surface area contributed by atoms with Crippen molar-refractivity contribution >= 4 is 11.8 Å². The van der Waals surface area contributed by atoms with Crippen molar-refractivity contribution in [2.45, 2.75) is 34.2 Å². The molecule has 0 spiro atoms. The van der Waals surface area contributed by atoms with E-state index in [1.54, 1.807) is 13.1 Å². The van der Waals surface area contributed by atoms with Gasteiger partial charge in [-0.15, -0.1) is 0 Å². The summed E-state index contributed by atoms with van der Waals surface area (Å²) >= 11 is 0. The number of hydrogen-bond donors (Lipinski definition) is 1. The Morgan fingerprint density at radius 3 is 2.59 bits per heavy atom. The molecule has 0 aliphatic heterocycles. The Hall–Kier alpha value is -2.37. The van der Waals surface area contributed by atoms with E-state index in [2.05, 4.69) is 10.1 Å². The molecule has 118 valence electrons. The molecule has 1 unspecified atom stereocenters. The summed E-state index contributed by atoms with van der Waals surface area (Å²) in [6.07, 6.45) is 1.78. The Kier molecular flexibility index (Phi) is 4.80. The molecule has 0 saturated carbocycles. The maximum Gasteiger partial charge on any atom is 0.308 e. The lowest BCUT2D eigenvalue weighted by molar-refractivity contribution is -0.140. The average molecular weight is 303 g/mol. The maximum absolute atomic E-state index is 11.2. The van der Waals surface area contributed by atoms with Gasteiger partial charge in [-0.2, -0.15) is 0 Å². The highest BCUT2D eigenvalue weighted by Crippen LogP contribution is 2.21. The van der Waals surface area contributed by atoms with Crippen molar-refractivity contribution in [2.24, 2.45) is 5.92 Å². The molecule has 2 aromatic heterocycles. The summed E-state index contributed by atoms with van der Waals surface area (Å²) in [6, 6.07) is 3.87. The Morgan fingerprint density at radius 2 is 2.09 bits per heavy atom. The minimum Gasteiger partial charge on any atom is -0.481 e. The standard InChI is InChI=1S/C16H21N3O3/c1-10-5-6-15(17-7-10)19(8-11(2)16(20)21)9-14-12(3)18-22-13(14)4/h5-7,11H,8-9H2,1-4H3,(H,20,21). The SMILES string of the molecule is Cc1ccc(N(Cc2c(C)noc2C)CC(C)C(=O)O)nc1. The summed E-state index contributed by atoms with van der Waals surface area (Å²) < 4.78 is 5.19. The highest BCUT2D eigenvalue weighted by atomic mass is 16.5. The third-order valence-corrected chi connectivity index (χ3v) is 3.67. The van der Waals surface area contributed by atoms with Crippen LogP contribution in [0.4, 0.5) is 5.82 Å². The van der Waals surface area contributed by atoms with E-state index in [0.29, 0.717) is 13.1 Å². The third kappa shape index (κ3) is 3.63. The van der Waals surface area contributed by atoms with E-state index in [1.807, 2.05) is 37.8 Å². The molecule has 2 heterocycles. The Labute approximate surface area is 129 Å². The highest BCUT2D eigenvalue weighted by Gasteiger charge is 2.20. The molecule has 2 rings (SSSR count). The summed E-state index contributed by atoms with van der Waals surface area (Å²) in [4.78, 5) is 17.5. The van der Waals surface area contributed by atoms with Gasteiger partial charge in [-0.3, -0.25) is 4.79 Å². The zero-order chi connectivity index (χ0) is 16.3. The second-order valence-electron chi connectivity index (χ2n) is 5.62. The highest BCUT2D eigenvalue weighted by molar-refractivity contribution is 5.70. The fourth-order valence-electron chi connectivity index (χ4n) is 2.21. The molecule has 6 heteroatoms. The molecule has 2 aromatic rings. The van der Waals surface area contributed by atoms with Crippen molar-refractivity contribution in [2.75, 3.05) is 11.4 Å². The van der Waals surface area contributed by atoms with E-state index in [0.717, 1.165) is 28.4 Å². The lowest BCUT2D eigenvalue weighted by Gasteiger charge is -2.25. The van der Waals surface area contributed by atoms with Crippen LogP contribution in [0.15, 0.2) is 22.9 Å². The van der Waals surface area contributed by atoms with Crippen LogP contribution in [-0.4, -0.2) is 27.8 Å². The van der Waals surface area contributed by atoms with Crippen LogP contribution < -0.4 is 4.90 Å². The fraction of sp³-hybridized carbons (Fsp3) is 0.438. The number of carbonyl (C=O) groups is 1. The molecule has 0 aliphatic rings. The zero-order valence-electron chi connectivity index (χ0n) is 13.3. The third-order valence-electron chi connectivity index (χ3n) is 3.67. The normalized spacial score (nSPS) is 12.2. The van der Waals surface area contributed by atoms with Gasteiger partial charge in [0.25, 0.3) is 0 Å². The predicted octanol–water partition coefficient (Wildman–Crippen LogP) is 2.72. The van der Waals surface area contributed by atoms with E-state index in [-0.39, 0.29) is 0 Å². The first-order valence-electron chi connectivity index (χ1n) is 7.20. The first kappa shape index (κ1) is 16.0. The van der Waals surface area contributed by atoms with Gasteiger partial charge in [0, 0.05) is 24.8 Å². The average Bonchev–Trinajstić information content (AvgIpc) is 2.79. The maximum atomic E-state index is 11.2. The van der Waals surface area contributed by atoms with Gasteiger partial charge in [0.05, 0.1) is 11.6 Å². The molecule has 22 heavy (non-hydrogen) atoms. The quantitative estimate of drug-likeness (QED) is 0.884. The zero-order valence-corrected chi connectivity index (χ0v) is 13.3. The minimum absolute atomic E-state index is 0.370. The Balaban J connectivity index is 2.28. The smallest absolute Gasteiger partial charge is 0.308 e. The van der Waals surface area contributed by atoms with E-state index < -0.39 is 11.9 Å². The second kappa shape index (κ2) is 6.60. The van der Waals surface area contributed by atoms with E-state index in [9.17, 15) is 9.90 Å². The molecule has 1 N–H and O–H groups in total. The number of anilines is 1. The van der Waals surface area contributed by atoms with E-state index in [1.165, 1.54) is 0 Å². The molecule has 1 atom stereocenters. The number of pyridine rings is 1. The number of aromatic nitrogens is 2. The van der Waals surface area contributed by atoms with Crippen LogP contribution in [0.5, 0.6) is 0 Å². The number of nitrogens with zero attached hydrogens (tertiary/aromatic N) is 3. The molecule has 0 fully saturated rings. The second-order valence-corrected chi connectivity index (χ2v) is 5.62. The van der Waals surface area contributed by atoms with Crippen molar-refractivity contribution in [3.8, 4) is 0 Å². The lowest BCUT2D eigenvalue weighted by Crippen LogP contribution is -2.32. The molecular weight excluding hydrogens is 282 g/mol. The van der Waals surface area contributed by atoms with Gasteiger partial charge in [0.1, 0.15) is 11.6 Å². The molecule has 0 amide bonds. The summed E-state index contributed by atoms with van der Waals surface area (Å²) in [5.74, 6) is 0.177. The number of carboxylic acid groups (broad SMARTS) is 1. The first-order chi connectivity index (χ1) is 10.4. The van der Waals surface area contributed by atoms with Gasteiger partial charge >= 0.3 is 5.97 Å². The van der Waals surface area contributed by atoms with Gasteiger partial charge in [0.2, 0.25) is 0 Å². The molecule has 0 aliphatic carbocycles. The number of carboxylic acids is 1. The Morgan fingerprint density at radius 1 is 1.36 bits per heavy atom. The largest absolute Gasteiger partial charge is 0.481 e. The van der Waals surface area contributed by atoms with Gasteiger partial charge in [-0.25, -0.2) is 4.98 Å². The van der Waals surface area contributed by atoms with Gasteiger partial charge in [-0.1, -0.05) is 18.1 Å².